The van der Waals surface area contributed by atoms with Crippen LogP contribution in [0.5, 0.6) is 0 Å². The highest BCUT2D eigenvalue weighted by Gasteiger charge is 2.26. The van der Waals surface area contributed by atoms with Gasteiger partial charge in [-0.1, -0.05) is 32.3 Å². The molecule has 1 aromatic carbocycles. The van der Waals surface area contributed by atoms with Crippen molar-refractivity contribution >= 4 is 11.8 Å². The highest BCUT2D eigenvalue weighted by atomic mass is 16.2. The first-order chi connectivity index (χ1) is 8.22. The zero-order valence-electron chi connectivity index (χ0n) is 10.1. The lowest BCUT2D eigenvalue weighted by Crippen LogP contribution is -2.19. The summed E-state index contributed by atoms with van der Waals surface area (Å²) in [5.74, 6) is -0.539. The van der Waals surface area contributed by atoms with Gasteiger partial charge in [0.1, 0.15) is 0 Å². The number of carbonyl (C=O) groups is 2. The molecule has 2 amide bonds. The minimum atomic E-state index is -0.275. The molecule has 0 spiro atoms. The Morgan fingerprint density at radius 1 is 1.00 bits per heavy atom. The minimum Gasteiger partial charge on any atom is -0.288 e. The summed E-state index contributed by atoms with van der Waals surface area (Å²) in [4.78, 5) is 22.8. The van der Waals surface area contributed by atoms with E-state index in [1.54, 1.807) is 6.07 Å². The van der Waals surface area contributed by atoms with E-state index in [-0.39, 0.29) is 11.8 Å². The Hall–Kier alpha value is -1.64. The van der Waals surface area contributed by atoms with Crippen LogP contribution in [0.25, 0.3) is 0 Å². The molecule has 0 aliphatic carbocycles. The zero-order valence-corrected chi connectivity index (χ0v) is 10.1. The lowest BCUT2D eigenvalue weighted by molar-refractivity contribution is 0.0879. The molecule has 0 aromatic heterocycles. The Morgan fingerprint density at radius 3 is 2.53 bits per heavy atom. The molecule has 3 nitrogen and oxygen atoms in total. The van der Waals surface area contributed by atoms with E-state index >= 15 is 0 Å². The largest absolute Gasteiger partial charge is 0.288 e. The van der Waals surface area contributed by atoms with Gasteiger partial charge >= 0.3 is 0 Å². The molecule has 0 radical (unpaired) electrons. The van der Waals surface area contributed by atoms with E-state index in [1.165, 1.54) is 19.3 Å². The van der Waals surface area contributed by atoms with Crippen LogP contribution in [0.1, 0.15) is 58.9 Å². The monoisotopic (exact) mass is 231 g/mol. The van der Waals surface area contributed by atoms with Crippen LogP contribution in [0, 0.1) is 0 Å². The molecule has 3 heteroatoms. The van der Waals surface area contributed by atoms with Gasteiger partial charge < -0.3 is 0 Å². The molecule has 0 fully saturated rings. The highest BCUT2D eigenvalue weighted by Crippen LogP contribution is 2.18. The molecule has 17 heavy (non-hydrogen) atoms. The summed E-state index contributed by atoms with van der Waals surface area (Å²) in [6.45, 7) is 2.19. The minimum absolute atomic E-state index is 0.264. The molecular formula is C14H17NO2. The van der Waals surface area contributed by atoms with Gasteiger partial charge in [-0.2, -0.15) is 0 Å². The average Bonchev–Trinajstić information content (AvgIpc) is 2.61. The predicted molar refractivity (Wildman–Crippen MR) is 66.1 cm³/mol. The Bertz CT molecular complexity index is 452. The topological polar surface area (TPSA) is 46.2 Å². The van der Waals surface area contributed by atoms with Crippen LogP contribution in [-0.2, 0) is 6.42 Å². The van der Waals surface area contributed by atoms with Crippen LogP contribution in [0.4, 0.5) is 0 Å². The number of rotatable bonds is 5. The molecule has 0 atom stereocenters. The van der Waals surface area contributed by atoms with Crippen molar-refractivity contribution in [1.29, 1.82) is 0 Å². The number of fused-ring (bicyclic) bond motifs is 1. The summed E-state index contributed by atoms with van der Waals surface area (Å²) < 4.78 is 0. The number of amides is 2. The van der Waals surface area contributed by atoms with E-state index in [1.807, 2.05) is 12.1 Å². The fourth-order valence-corrected chi connectivity index (χ4v) is 2.13. The van der Waals surface area contributed by atoms with Crippen molar-refractivity contribution in [3.05, 3.63) is 34.9 Å². The van der Waals surface area contributed by atoms with Crippen molar-refractivity contribution in [2.24, 2.45) is 0 Å². The van der Waals surface area contributed by atoms with Gasteiger partial charge in [-0.25, -0.2) is 0 Å². The maximum absolute atomic E-state index is 11.5. The Kier molecular flexibility index (Phi) is 3.57. The third-order valence-electron chi connectivity index (χ3n) is 3.12. The van der Waals surface area contributed by atoms with E-state index in [0.29, 0.717) is 11.1 Å². The van der Waals surface area contributed by atoms with Crippen LogP contribution in [0.15, 0.2) is 18.2 Å². The van der Waals surface area contributed by atoms with Gasteiger partial charge in [-0.3, -0.25) is 14.9 Å². The van der Waals surface area contributed by atoms with Crippen LogP contribution >= 0.6 is 0 Å². The summed E-state index contributed by atoms with van der Waals surface area (Å²) >= 11 is 0. The second-order valence-corrected chi connectivity index (χ2v) is 4.47. The second-order valence-electron chi connectivity index (χ2n) is 4.47. The van der Waals surface area contributed by atoms with Gasteiger partial charge in [0, 0.05) is 0 Å². The summed E-state index contributed by atoms with van der Waals surface area (Å²) in [7, 11) is 0. The third-order valence-corrected chi connectivity index (χ3v) is 3.12. The van der Waals surface area contributed by atoms with Crippen LogP contribution < -0.4 is 5.32 Å². The number of benzene rings is 1. The molecule has 0 saturated heterocycles. The first-order valence-corrected chi connectivity index (χ1v) is 6.21. The molecule has 1 N–H and O–H groups in total. The Balaban J connectivity index is 2.04. The molecule has 1 aromatic rings. The smallest absolute Gasteiger partial charge is 0.258 e. The Morgan fingerprint density at radius 2 is 1.76 bits per heavy atom. The highest BCUT2D eigenvalue weighted by molar-refractivity contribution is 6.21. The van der Waals surface area contributed by atoms with E-state index in [4.69, 9.17) is 0 Å². The third kappa shape index (κ3) is 2.54. The SMILES string of the molecule is CCCCCCc1ccc2c(c1)C(=O)NC2=O. The van der Waals surface area contributed by atoms with Crippen LogP contribution in [-0.4, -0.2) is 11.8 Å². The van der Waals surface area contributed by atoms with Gasteiger partial charge in [-0.05, 0) is 30.5 Å². The second kappa shape index (κ2) is 5.13. The standard InChI is InChI=1S/C14H17NO2/c1-2-3-4-5-6-10-7-8-11-12(9-10)14(17)15-13(11)16/h7-9H,2-6H2,1H3,(H,15,16,17). The first kappa shape index (κ1) is 11.8. The molecule has 0 saturated carbocycles. The summed E-state index contributed by atoms with van der Waals surface area (Å²) in [6, 6.07) is 5.55. The number of carbonyl (C=O) groups excluding carboxylic acids is 2. The lowest BCUT2D eigenvalue weighted by Gasteiger charge is -2.02. The van der Waals surface area contributed by atoms with Crippen molar-refractivity contribution in [2.45, 2.75) is 39.0 Å². The summed E-state index contributed by atoms with van der Waals surface area (Å²) in [6.07, 6.45) is 5.82. The maximum atomic E-state index is 11.5. The lowest BCUT2D eigenvalue weighted by atomic mass is 10.0. The first-order valence-electron chi connectivity index (χ1n) is 6.21. The number of aryl methyl sites for hydroxylation is 1. The van der Waals surface area contributed by atoms with Crippen LogP contribution in [0.2, 0.25) is 0 Å². The van der Waals surface area contributed by atoms with Gasteiger partial charge in [0.2, 0.25) is 0 Å². The number of hydrogen-bond acceptors (Lipinski definition) is 2. The molecule has 2 rings (SSSR count). The molecular weight excluding hydrogens is 214 g/mol. The van der Waals surface area contributed by atoms with Crippen LogP contribution in [0.3, 0.4) is 0 Å². The van der Waals surface area contributed by atoms with Gasteiger partial charge in [-0.15, -0.1) is 0 Å². The van der Waals surface area contributed by atoms with E-state index in [2.05, 4.69) is 12.2 Å². The van der Waals surface area contributed by atoms with Crippen molar-refractivity contribution in [1.82, 2.24) is 5.32 Å². The molecule has 0 unspecified atom stereocenters. The van der Waals surface area contributed by atoms with E-state index in [9.17, 15) is 9.59 Å². The van der Waals surface area contributed by atoms with Crippen molar-refractivity contribution in [3.63, 3.8) is 0 Å². The van der Waals surface area contributed by atoms with E-state index < -0.39 is 0 Å². The van der Waals surface area contributed by atoms with Crippen molar-refractivity contribution in [3.8, 4) is 0 Å². The molecule has 1 heterocycles. The normalized spacial score (nSPS) is 13.7. The molecule has 1 aliphatic heterocycles. The predicted octanol–water partition coefficient (Wildman–Crippen LogP) is 2.69. The summed E-state index contributed by atoms with van der Waals surface area (Å²) in [5.41, 5.74) is 2.18. The van der Waals surface area contributed by atoms with Gasteiger partial charge in [0.25, 0.3) is 11.8 Å². The van der Waals surface area contributed by atoms with Crippen molar-refractivity contribution < 1.29 is 9.59 Å². The number of hydrogen-bond donors (Lipinski definition) is 1. The molecule has 90 valence electrons. The molecule has 0 bridgehead atoms. The van der Waals surface area contributed by atoms with Crippen molar-refractivity contribution in [2.75, 3.05) is 0 Å². The zero-order chi connectivity index (χ0) is 12.3. The van der Waals surface area contributed by atoms with Gasteiger partial charge in [0.05, 0.1) is 11.1 Å². The summed E-state index contributed by atoms with van der Waals surface area (Å²) in [5, 5.41) is 2.31. The van der Waals surface area contributed by atoms with E-state index in [0.717, 1.165) is 18.4 Å². The number of imide groups is 1. The maximum Gasteiger partial charge on any atom is 0.258 e. The number of nitrogens with one attached hydrogen (secondary N) is 1. The molecule has 1 aliphatic rings. The van der Waals surface area contributed by atoms with Gasteiger partial charge in [0.15, 0.2) is 0 Å². The fraction of sp³-hybridized carbons (Fsp3) is 0.429. The average molecular weight is 231 g/mol. The quantitative estimate of drug-likeness (QED) is 0.625. The Labute approximate surface area is 101 Å². The number of unbranched alkanes of at least 4 members (excludes halogenated alkanes) is 3. The fourth-order valence-electron chi connectivity index (χ4n) is 2.13.